The molecule has 0 bridgehead atoms. The van der Waals surface area contributed by atoms with Gasteiger partial charge in [0, 0.05) is 23.4 Å². The summed E-state index contributed by atoms with van der Waals surface area (Å²) in [4.78, 5) is 25.8. The summed E-state index contributed by atoms with van der Waals surface area (Å²) in [7, 11) is -2.56. The standard InChI is InChI=1S/C22H22N2O5S2/c1-29-22(26)20(13-16-7-3-2-4-8-16)24-21(25)17-9-5-11-19(14-17)31(27,28)23-15-18-10-6-12-30-18/h2-12,14,20,23H,13,15H2,1H3,(H,24,25)/t20-/m1/s1. The first-order valence-corrected chi connectivity index (χ1v) is 11.8. The lowest BCUT2D eigenvalue weighted by molar-refractivity contribution is -0.142. The van der Waals surface area contributed by atoms with E-state index in [1.165, 1.54) is 42.7 Å². The molecule has 0 radical (unpaired) electrons. The number of thiophene rings is 1. The average Bonchev–Trinajstić information content (AvgIpc) is 3.31. The number of methoxy groups -OCH3 is 1. The lowest BCUT2D eigenvalue weighted by Gasteiger charge is -2.17. The van der Waals surface area contributed by atoms with Gasteiger partial charge in [0.25, 0.3) is 5.91 Å². The Morgan fingerprint density at radius 3 is 2.48 bits per heavy atom. The summed E-state index contributed by atoms with van der Waals surface area (Å²) in [6.07, 6.45) is 0.250. The minimum atomic E-state index is -3.81. The quantitative estimate of drug-likeness (QED) is 0.480. The number of hydrogen-bond donors (Lipinski definition) is 2. The van der Waals surface area contributed by atoms with E-state index >= 15 is 0 Å². The lowest BCUT2D eigenvalue weighted by atomic mass is 10.1. The van der Waals surface area contributed by atoms with Crippen molar-refractivity contribution in [3.05, 3.63) is 88.1 Å². The molecule has 1 amide bonds. The van der Waals surface area contributed by atoms with Gasteiger partial charge < -0.3 is 10.1 Å². The van der Waals surface area contributed by atoms with Crippen LogP contribution in [0, 0.1) is 0 Å². The van der Waals surface area contributed by atoms with Crippen molar-refractivity contribution in [3.63, 3.8) is 0 Å². The molecule has 0 saturated heterocycles. The van der Waals surface area contributed by atoms with Gasteiger partial charge in [0.15, 0.2) is 0 Å². The number of hydrogen-bond acceptors (Lipinski definition) is 6. The molecule has 0 fully saturated rings. The van der Waals surface area contributed by atoms with Crippen LogP contribution in [0.5, 0.6) is 0 Å². The SMILES string of the molecule is COC(=O)[C@@H](Cc1ccccc1)NC(=O)c1cccc(S(=O)(=O)NCc2cccs2)c1. The zero-order chi connectivity index (χ0) is 22.3. The summed E-state index contributed by atoms with van der Waals surface area (Å²) >= 11 is 1.44. The highest BCUT2D eigenvalue weighted by molar-refractivity contribution is 7.89. The third-order valence-corrected chi connectivity index (χ3v) is 6.77. The van der Waals surface area contributed by atoms with E-state index in [-0.39, 0.29) is 23.4 Å². The fourth-order valence-electron chi connectivity index (χ4n) is 2.89. The van der Waals surface area contributed by atoms with Gasteiger partial charge in [0.1, 0.15) is 6.04 Å². The number of sulfonamides is 1. The first-order chi connectivity index (χ1) is 14.9. The topological polar surface area (TPSA) is 102 Å². The first kappa shape index (κ1) is 22.7. The molecule has 3 rings (SSSR count). The smallest absolute Gasteiger partial charge is 0.328 e. The molecule has 0 aliphatic heterocycles. The van der Waals surface area contributed by atoms with Crippen molar-refractivity contribution in [3.8, 4) is 0 Å². The second-order valence-corrected chi connectivity index (χ2v) is 9.47. The number of amides is 1. The van der Waals surface area contributed by atoms with Crippen molar-refractivity contribution < 1.29 is 22.7 Å². The molecule has 1 atom stereocenters. The van der Waals surface area contributed by atoms with Crippen LogP contribution in [0.4, 0.5) is 0 Å². The van der Waals surface area contributed by atoms with E-state index in [4.69, 9.17) is 4.74 Å². The minimum Gasteiger partial charge on any atom is -0.467 e. The number of ether oxygens (including phenoxy) is 1. The zero-order valence-electron chi connectivity index (χ0n) is 16.8. The summed E-state index contributed by atoms with van der Waals surface area (Å²) in [5, 5.41) is 4.50. The second kappa shape index (κ2) is 10.3. The van der Waals surface area contributed by atoms with Gasteiger partial charge in [-0.25, -0.2) is 17.9 Å². The zero-order valence-corrected chi connectivity index (χ0v) is 18.4. The fourth-order valence-corrected chi connectivity index (χ4v) is 4.68. The summed E-state index contributed by atoms with van der Waals surface area (Å²) in [5.41, 5.74) is 0.980. The van der Waals surface area contributed by atoms with Gasteiger partial charge in [-0.15, -0.1) is 11.3 Å². The number of carbonyl (C=O) groups is 2. The van der Waals surface area contributed by atoms with Crippen molar-refractivity contribution in [2.45, 2.75) is 23.9 Å². The Morgan fingerprint density at radius 2 is 1.81 bits per heavy atom. The highest BCUT2D eigenvalue weighted by Gasteiger charge is 2.23. The van der Waals surface area contributed by atoms with E-state index in [9.17, 15) is 18.0 Å². The predicted octanol–water partition coefficient (Wildman–Crippen LogP) is 2.74. The molecule has 1 heterocycles. The maximum Gasteiger partial charge on any atom is 0.328 e. The molecular weight excluding hydrogens is 436 g/mol. The van der Waals surface area contributed by atoms with E-state index in [0.717, 1.165) is 10.4 Å². The summed E-state index contributed by atoms with van der Waals surface area (Å²) < 4.78 is 32.5. The Hall–Kier alpha value is -3.01. The van der Waals surface area contributed by atoms with Crippen molar-refractivity contribution in [2.75, 3.05) is 7.11 Å². The van der Waals surface area contributed by atoms with E-state index in [0.29, 0.717) is 0 Å². The highest BCUT2D eigenvalue weighted by atomic mass is 32.2. The van der Waals surface area contributed by atoms with Crippen LogP contribution in [0.3, 0.4) is 0 Å². The van der Waals surface area contributed by atoms with Crippen LogP contribution in [0.25, 0.3) is 0 Å². The van der Waals surface area contributed by atoms with E-state index in [1.54, 1.807) is 0 Å². The molecule has 0 aliphatic carbocycles. The Morgan fingerprint density at radius 1 is 1.03 bits per heavy atom. The highest BCUT2D eigenvalue weighted by Crippen LogP contribution is 2.15. The fraction of sp³-hybridized carbons (Fsp3) is 0.182. The molecule has 1 aromatic heterocycles. The summed E-state index contributed by atoms with van der Waals surface area (Å²) in [5.74, 6) is -1.15. The van der Waals surface area contributed by atoms with E-state index < -0.39 is 27.9 Å². The Labute approximate surface area is 185 Å². The minimum absolute atomic E-state index is 0.0330. The van der Waals surface area contributed by atoms with Crippen molar-refractivity contribution in [1.82, 2.24) is 10.0 Å². The molecule has 2 N–H and O–H groups in total. The molecule has 3 aromatic rings. The van der Waals surface area contributed by atoms with Crippen LogP contribution in [0.1, 0.15) is 20.8 Å². The molecule has 162 valence electrons. The number of benzene rings is 2. The Kier molecular flexibility index (Phi) is 7.56. The van der Waals surface area contributed by atoms with Crippen LogP contribution in [0.15, 0.2) is 77.0 Å². The summed E-state index contributed by atoms with van der Waals surface area (Å²) in [6, 6.07) is 17.6. The first-order valence-electron chi connectivity index (χ1n) is 9.44. The molecular formula is C22H22N2O5S2. The summed E-state index contributed by atoms with van der Waals surface area (Å²) in [6.45, 7) is 0.165. The molecule has 31 heavy (non-hydrogen) atoms. The number of nitrogens with one attached hydrogen (secondary N) is 2. The van der Waals surface area contributed by atoms with Gasteiger partial charge in [0.2, 0.25) is 10.0 Å². The molecule has 0 aliphatic rings. The van der Waals surface area contributed by atoms with Gasteiger partial charge >= 0.3 is 5.97 Å². The maximum atomic E-state index is 12.8. The monoisotopic (exact) mass is 458 g/mol. The molecule has 7 nitrogen and oxygen atoms in total. The number of esters is 1. The van der Waals surface area contributed by atoms with Crippen molar-refractivity contribution >= 4 is 33.2 Å². The van der Waals surface area contributed by atoms with Crippen LogP contribution < -0.4 is 10.0 Å². The van der Waals surface area contributed by atoms with Crippen molar-refractivity contribution in [1.29, 1.82) is 0 Å². The number of rotatable bonds is 9. The van der Waals surface area contributed by atoms with Crippen LogP contribution in [-0.4, -0.2) is 33.4 Å². The van der Waals surface area contributed by atoms with Crippen LogP contribution >= 0.6 is 11.3 Å². The van der Waals surface area contributed by atoms with Crippen LogP contribution in [0.2, 0.25) is 0 Å². The van der Waals surface area contributed by atoms with Gasteiger partial charge in [-0.2, -0.15) is 0 Å². The average molecular weight is 459 g/mol. The third kappa shape index (κ3) is 6.24. The maximum absolute atomic E-state index is 12.8. The van der Waals surface area contributed by atoms with Gasteiger partial charge in [-0.3, -0.25) is 4.79 Å². The largest absolute Gasteiger partial charge is 0.467 e. The molecule has 0 saturated carbocycles. The molecule has 9 heteroatoms. The Balaban J connectivity index is 1.73. The van der Waals surface area contributed by atoms with E-state index in [2.05, 4.69) is 10.0 Å². The van der Waals surface area contributed by atoms with Gasteiger partial charge in [-0.1, -0.05) is 42.5 Å². The van der Waals surface area contributed by atoms with Gasteiger partial charge in [-0.05, 0) is 35.2 Å². The molecule has 0 unspecified atom stereocenters. The number of carbonyl (C=O) groups excluding carboxylic acids is 2. The molecule has 0 spiro atoms. The lowest BCUT2D eigenvalue weighted by Crippen LogP contribution is -2.43. The third-order valence-electron chi connectivity index (χ3n) is 4.50. The van der Waals surface area contributed by atoms with Crippen LogP contribution in [-0.2, 0) is 32.5 Å². The van der Waals surface area contributed by atoms with Gasteiger partial charge in [0.05, 0.1) is 12.0 Å². The van der Waals surface area contributed by atoms with E-state index in [1.807, 2.05) is 47.8 Å². The molecule has 2 aromatic carbocycles. The Bertz CT molecular complexity index is 1130. The van der Waals surface area contributed by atoms with Crippen molar-refractivity contribution in [2.24, 2.45) is 0 Å². The second-order valence-electron chi connectivity index (χ2n) is 6.67. The predicted molar refractivity (Wildman–Crippen MR) is 118 cm³/mol. The normalized spacial score (nSPS) is 12.2.